The molecule has 6 heteroatoms. The molecule has 0 N–H and O–H groups in total. The third-order valence-corrected chi connectivity index (χ3v) is 2.35. The zero-order valence-corrected chi connectivity index (χ0v) is 9.90. The van der Waals surface area contributed by atoms with Crippen LogP contribution in [0.4, 0.5) is 4.39 Å². The molecule has 0 aliphatic carbocycles. The minimum atomic E-state index is -1.36. The maximum Gasteiger partial charge on any atom is 1.00 e. The molecule has 84 valence electrons. The first kappa shape index (κ1) is 13.8. The van der Waals surface area contributed by atoms with Gasteiger partial charge in [0, 0.05) is 12.1 Å². The van der Waals surface area contributed by atoms with E-state index in [2.05, 4.69) is 4.98 Å². The molecular formula is C11H10FLiN2O2. The van der Waals surface area contributed by atoms with Gasteiger partial charge in [-0.15, -0.1) is 0 Å². The Labute approximate surface area is 110 Å². The molecule has 0 atom stereocenters. The molecule has 0 fully saturated rings. The van der Waals surface area contributed by atoms with E-state index in [0.717, 1.165) is 0 Å². The van der Waals surface area contributed by atoms with Crippen LogP contribution in [0.5, 0.6) is 0 Å². The zero-order valence-electron chi connectivity index (χ0n) is 9.90. The van der Waals surface area contributed by atoms with E-state index in [4.69, 9.17) is 0 Å². The molecule has 2 rings (SSSR count). The van der Waals surface area contributed by atoms with Crippen molar-refractivity contribution in [3.05, 3.63) is 29.8 Å². The topological polar surface area (TPSA) is 58.0 Å². The van der Waals surface area contributed by atoms with Gasteiger partial charge in [-0.2, -0.15) is 0 Å². The largest absolute Gasteiger partial charge is 1.00 e. The molecule has 0 amide bonds. The average Bonchev–Trinajstić information content (AvgIpc) is 2.55. The van der Waals surface area contributed by atoms with Crippen molar-refractivity contribution in [2.75, 3.05) is 0 Å². The Balaban J connectivity index is 0.00000144. The van der Waals surface area contributed by atoms with E-state index in [-0.39, 0.29) is 30.7 Å². The smallest absolute Gasteiger partial charge is 0.542 e. The van der Waals surface area contributed by atoms with Crippen LogP contribution in [0.15, 0.2) is 18.2 Å². The molecule has 1 heterocycles. The number of carbonyl (C=O) groups excluding carboxylic acids is 1. The molecule has 4 nitrogen and oxygen atoms in total. The Hall–Kier alpha value is -1.31. The van der Waals surface area contributed by atoms with Crippen LogP contribution in [-0.4, -0.2) is 15.5 Å². The summed E-state index contributed by atoms with van der Waals surface area (Å²) < 4.78 is 14.5. The summed E-state index contributed by atoms with van der Waals surface area (Å²) >= 11 is 0. The van der Waals surface area contributed by atoms with Crippen LogP contribution in [0.1, 0.15) is 30.5 Å². The summed E-state index contributed by atoms with van der Waals surface area (Å²) in [4.78, 5) is 14.7. The molecule has 0 saturated heterocycles. The molecule has 2 aromatic rings. The normalized spacial score (nSPS) is 10.6. The number of halogens is 1. The van der Waals surface area contributed by atoms with Crippen LogP contribution in [-0.2, 0) is 0 Å². The van der Waals surface area contributed by atoms with Gasteiger partial charge < -0.3 is 14.5 Å². The molecule has 0 unspecified atom stereocenters. The number of nitrogens with zero attached hydrogens (tertiary/aromatic N) is 2. The van der Waals surface area contributed by atoms with E-state index in [0.29, 0.717) is 11.0 Å². The van der Waals surface area contributed by atoms with Crippen LogP contribution in [0.3, 0.4) is 0 Å². The Morgan fingerprint density at radius 3 is 2.65 bits per heavy atom. The first-order valence-electron chi connectivity index (χ1n) is 4.89. The number of benzene rings is 1. The number of carboxylic acids is 1. The SMILES string of the molecule is CC(C)n1c(C(=O)[O-])nc2cc(F)ccc21.[Li+]. The maximum atomic E-state index is 13.0. The van der Waals surface area contributed by atoms with Gasteiger partial charge in [0.2, 0.25) is 0 Å². The van der Waals surface area contributed by atoms with Crippen LogP contribution in [0.25, 0.3) is 11.0 Å². The average molecular weight is 228 g/mol. The van der Waals surface area contributed by atoms with Crippen LogP contribution in [0, 0.1) is 5.82 Å². The van der Waals surface area contributed by atoms with E-state index in [1.807, 2.05) is 13.8 Å². The van der Waals surface area contributed by atoms with Crippen molar-refractivity contribution in [3.63, 3.8) is 0 Å². The standard InChI is InChI=1S/C11H11FN2O2.Li/c1-6(2)14-9-4-3-7(12)5-8(9)13-10(14)11(15)16;/h3-6H,1-2H3,(H,15,16);/q;+1/p-1. The summed E-state index contributed by atoms with van der Waals surface area (Å²) in [6.45, 7) is 3.66. The van der Waals surface area contributed by atoms with E-state index < -0.39 is 11.8 Å². The molecule has 0 aliphatic rings. The van der Waals surface area contributed by atoms with Gasteiger partial charge in [-0.1, -0.05) is 0 Å². The third-order valence-electron chi connectivity index (χ3n) is 2.35. The van der Waals surface area contributed by atoms with Crippen LogP contribution >= 0.6 is 0 Å². The van der Waals surface area contributed by atoms with Gasteiger partial charge in [0.05, 0.1) is 11.0 Å². The second-order valence-electron chi connectivity index (χ2n) is 3.82. The predicted molar refractivity (Wildman–Crippen MR) is 54.4 cm³/mol. The van der Waals surface area contributed by atoms with E-state index in [1.54, 1.807) is 0 Å². The van der Waals surface area contributed by atoms with Gasteiger partial charge in [-0.3, -0.25) is 0 Å². The third kappa shape index (κ3) is 2.35. The molecule has 1 aromatic carbocycles. The minimum absolute atomic E-state index is 0. The second kappa shape index (κ2) is 4.90. The minimum Gasteiger partial charge on any atom is -0.542 e. The number of aromatic nitrogens is 2. The number of imidazole rings is 1. The molecule has 17 heavy (non-hydrogen) atoms. The van der Waals surface area contributed by atoms with Gasteiger partial charge in [-0.05, 0) is 26.0 Å². The van der Waals surface area contributed by atoms with Crippen LogP contribution < -0.4 is 24.0 Å². The van der Waals surface area contributed by atoms with Gasteiger partial charge in [0.1, 0.15) is 11.8 Å². The summed E-state index contributed by atoms with van der Waals surface area (Å²) in [5.74, 6) is -1.97. The fraction of sp³-hybridized carbons (Fsp3) is 0.273. The molecular weight excluding hydrogens is 218 g/mol. The molecule has 1 aromatic heterocycles. The van der Waals surface area contributed by atoms with Crippen LogP contribution in [0.2, 0.25) is 0 Å². The summed E-state index contributed by atoms with van der Waals surface area (Å²) in [6, 6.07) is 3.93. The number of fused-ring (bicyclic) bond motifs is 1. The Kier molecular flexibility index (Phi) is 3.97. The number of hydrogen-bond acceptors (Lipinski definition) is 3. The van der Waals surface area contributed by atoms with Crippen molar-refractivity contribution in [2.45, 2.75) is 19.9 Å². The maximum absolute atomic E-state index is 13.0. The number of hydrogen-bond donors (Lipinski definition) is 0. The molecule has 0 aliphatic heterocycles. The summed E-state index contributed by atoms with van der Waals surface area (Å²) in [5.41, 5.74) is 0.920. The van der Waals surface area contributed by atoms with Crippen molar-refractivity contribution < 1.29 is 33.2 Å². The van der Waals surface area contributed by atoms with Gasteiger partial charge in [0.15, 0.2) is 5.82 Å². The molecule has 0 radical (unpaired) electrons. The summed E-state index contributed by atoms with van der Waals surface area (Å²) in [6.07, 6.45) is 0. The number of aromatic carboxylic acids is 1. The summed E-state index contributed by atoms with van der Waals surface area (Å²) in [7, 11) is 0. The first-order chi connectivity index (χ1) is 7.50. The van der Waals surface area contributed by atoms with E-state index in [1.165, 1.54) is 22.8 Å². The zero-order chi connectivity index (χ0) is 11.9. The molecule has 0 bridgehead atoms. The van der Waals surface area contributed by atoms with E-state index >= 15 is 0 Å². The van der Waals surface area contributed by atoms with Crippen molar-refractivity contribution in [2.24, 2.45) is 0 Å². The number of rotatable bonds is 2. The molecule has 0 spiro atoms. The fourth-order valence-corrected chi connectivity index (χ4v) is 1.74. The fourth-order valence-electron chi connectivity index (χ4n) is 1.74. The van der Waals surface area contributed by atoms with E-state index in [9.17, 15) is 14.3 Å². The Morgan fingerprint density at radius 2 is 2.12 bits per heavy atom. The molecule has 0 saturated carbocycles. The van der Waals surface area contributed by atoms with Gasteiger partial charge >= 0.3 is 18.9 Å². The predicted octanol–water partition coefficient (Wildman–Crippen LogP) is -1.88. The van der Waals surface area contributed by atoms with Crippen molar-refractivity contribution in [1.82, 2.24) is 9.55 Å². The van der Waals surface area contributed by atoms with Gasteiger partial charge in [-0.25, -0.2) is 9.37 Å². The van der Waals surface area contributed by atoms with Crippen molar-refractivity contribution in [1.29, 1.82) is 0 Å². The van der Waals surface area contributed by atoms with Crippen molar-refractivity contribution in [3.8, 4) is 0 Å². The quantitative estimate of drug-likeness (QED) is 0.565. The Morgan fingerprint density at radius 1 is 1.47 bits per heavy atom. The first-order valence-corrected chi connectivity index (χ1v) is 4.89. The number of carbonyl (C=O) groups is 1. The Bertz CT molecular complexity index is 566. The monoisotopic (exact) mass is 228 g/mol. The second-order valence-corrected chi connectivity index (χ2v) is 3.82. The summed E-state index contributed by atoms with van der Waals surface area (Å²) in [5, 5.41) is 10.9. The van der Waals surface area contributed by atoms with Gasteiger partial charge in [0.25, 0.3) is 0 Å². The van der Waals surface area contributed by atoms with Crippen molar-refractivity contribution >= 4 is 17.0 Å². The number of carboxylic acid groups (broad SMARTS) is 1.